The van der Waals surface area contributed by atoms with E-state index in [1.54, 1.807) is 35.8 Å². The Morgan fingerprint density at radius 1 is 1.24 bits per heavy atom. The molecule has 1 aromatic carbocycles. The molecule has 0 saturated carbocycles. The first-order chi connectivity index (χ1) is 17.7. The van der Waals surface area contributed by atoms with Gasteiger partial charge in [0.05, 0.1) is 48.3 Å². The van der Waals surface area contributed by atoms with Crippen LogP contribution in [-0.2, 0) is 23.9 Å². The predicted molar refractivity (Wildman–Crippen MR) is 136 cm³/mol. The van der Waals surface area contributed by atoms with Crippen LogP contribution in [0.15, 0.2) is 51.6 Å². The molecule has 0 radical (unpaired) electrons. The van der Waals surface area contributed by atoms with Gasteiger partial charge in [-0.2, -0.15) is 0 Å². The SMILES string of the molecule is CCOC(=O)C1CCN(C(=O)CC2=CSC3=NC(C)=C(C(=O)OC)C(c4cccc([N+](=O)[O-])c4)N23)CC1. The number of piperidine rings is 1. The molecule has 1 atom stereocenters. The largest absolute Gasteiger partial charge is 0.466 e. The van der Waals surface area contributed by atoms with E-state index < -0.39 is 16.9 Å². The fourth-order valence-corrected chi connectivity index (χ4v) is 5.72. The van der Waals surface area contributed by atoms with Gasteiger partial charge in [-0.1, -0.05) is 23.9 Å². The van der Waals surface area contributed by atoms with Gasteiger partial charge in [0.25, 0.3) is 5.69 Å². The maximum atomic E-state index is 13.3. The number of nitrogens with zero attached hydrogens (tertiary/aromatic N) is 4. The van der Waals surface area contributed by atoms with Crippen LogP contribution in [0.1, 0.15) is 44.7 Å². The van der Waals surface area contributed by atoms with Crippen LogP contribution < -0.4 is 0 Å². The van der Waals surface area contributed by atoms with Gasteiger partial charge in [0.1, 0.15) is 0 Å². The lowest BCUT2D eigenvalue weighted by molar-refractivity contribution is -0.384. The molecule has 3 aliphatic heterocycles. The summed E-state index contributed by atoms with van der Waals surface area (Å²) in [6.45, 7) is 4.69. The highest BCUT2D eigenvalue weighted by Crippen LogP contribution is 2.45. The first-order valence-electron chi connectivity index (χ1n) is 12.0. The highest BCUT2D eigenvalue weighted by Gasteiger charge is 2.42. The quantitative estimate of drug-likeness (QED) is 0.296. The van der Waals surface area contributed by atoms with Crippen molar-refractivity contribution >= 4 is 40.5 Å². The minimum atomic E-state index is -0.747. The lowest BCUT2D eigenvalue weighted by atomic mass is 9.93. The second-order valence-corrected chi connectivity index (χ2v) is 9.66. The maximum Gasteiger partial charge on any atom is 0.338 e. The van der Waals surface area contributed by atoms with Crippen molar-refractivity contribution in [3.05, 3.63) is 62.3 Å². The maximum absolute atomic E-state index is 13.3. The van der Waals surface area contributed by atoms with Crippen LogP contribution in [0.3, 0.4) is 0 Å². The van der Waals surface area contributed by atoms with Gasteiger partial charge in [0.15, 0.2) is 5.17 Å². The van der Waals surface area contributed by atoms with E-state index in [0.717, 1.165) is 0 Å². The summed E-state index contributed by atoms with van der Waals surface area (Å²) in [5.41, 5.74) is 1.73. The summed E-state index contributed by atoms with van der Waals surface area (Å²) in [5.74, 6) is -1.14. The fourth-order valence-electron chi connectivity index (χ4n) is 4.76. The summed E-state index contributed by atoms with van der Waals surface area (Å²) in [4.78, 5) is 57.2. The molecule has 0 bridgehead atoms. The molecule has 3 aliphatic rings. The Kier molecular flexibility index (Phi) is 7.96. The number of hydrogen-bond acceptors (Lipinski definition) is 10. The molecule has 0 spiro atoms. The van der Waals surface area contributed by atoms with Crippen molar-refractivity contribution in [3.8, 4) is 0 Å². The van der Waals surface area contributed by atoms with Gasteiger partial charge in [-0.05, 0) is 37.7 Å². The second-order valence-electron chi connectivity index (χ2n) is 8.82. The number of amidine groups is 1. The fraction of sp³-hybridized carbons (Fsp3) is 0.440. The van der Waals surface area contributed by atoms with Crippen LogP contribution >= 0.6 is 11.8 Å². The Morgan fingerprint density at radius 2 is 1.97 bits per heavy atom. The zero-order chi connectivity index (χ0) is 26.7. The summed E-state index contributed by atoms with van der Waals surface area (Å²) < 4.78 is 10.1. The third kappa shape index (κ3) is 5.38. The number of thioether (sulfide) groups is 1. The summed E-state index contributed by atoms with van der Waals surface area (Å²) in [6.07, 6.45) is 1.13. The Morgan fingerprint density at radius 3 is 2.62 bits per heavy atom. The highest BCUT2D eigenvalue weighted by atomic mass is 32.2. The van der Waals surface area contributed by atoms with Gasteiger partial charge in [-0.15, -0.1) is 0 Å². The van der Waals surface area contributed by atoms with Gasteiger partial charge in [0.2, 0.25) is 5.91 Å². The van der Waals surface area contributed by atoms with Crippen molar-refractivity contribution in [1.82, 2.24) is 9.80 Å². The highest BCUT2D eigenvalue weighted by molar-refractivity contribution is 8.16. The molecule has 1 fully saturated rings. The Balaban J connectivity index is 1.58. The number of hydrogen-bond donors (Lipinski definition) is 0. The van der Waals surface area contributed by atoms with E-state index >= 15 is 0 Å². The number of ether oxygens (including phenoxy) is 2. The van der Waals surface area contributed by atoms with E-state index in [-0.39, 0.29) is 35.5 Å². The molecule has 1 aromatic rings. The first kappa shape index (κ1) is 26.4. The third-order valence-corrected chi connectivity index (χ3v) is 7.49. The van der Waals surface area contributed by atoms with Crippen LogP contribution in [0.5, 0.6) is 0 Å². The monoisotopic (exact) mass is 528 g/mol. The summed E-state index contributed by atoms with van der Waals surface area (Å²) >= 11 is 1.33. The van der Waals surface area contributed by atoms with Crippen molar-refractivity contribution in [2.45, 2.75) is 39.2 Å². The van der Waals surface area contributed by atoms with Gasteiger partial charge in [0, 0.05) is 30.9 Å². The van der Waals surface area contributed by atoms with Gasteiger partial charge in [-0.3, -0.25) is 19.7 Å². The number of aliphatic imine (C=N–C) groups is 1. The molecule has 1 saturated heterocycles. The lowest BCUT2D eigenvalue weighted by Crippen LogP contribution is -2.42. The number of carbonyl (C=O) groups is 3. The number of fused-ring (bicyclic) bond motifs is 1. The van der Waals surface area contributed by atoms with E-state index in [1.165, 1.54) is 31.0 Å². The van der Waals surface area contributed by atoms with Crippen molar-refractivity contribution in [2.24, 2.45) is 10.9 Å². The lowest BCUT2D eigenvalue weighted by Gasteiger charge is -2.37. The number of rotatable bonds is 7. The molecule has 37 heavy (non-hydrogen) atoms. The van der Waals surface area contributed by atoms with Crippen molar-refractivity contribution in [2.75, 3.05) is 26.8 Å². The van der Waals surface area contributed by atoms with Gasteiger partial charge < -0.3 is 19.3 Å². The molecule has 0 N–H and O–H groups in total. The molecule has 196 valence electrons. The average molecular weight is 529 g/mol. The topological polar surface area (TPSA) is 132 Å². The first-order valence-corrected chi connectivity index (χ1v) is 12.8. The normalized spacial score (nSPS) is 19.7. The van der Waals surface area contributed by atoms with Gasteiger partial charge >= 0.3 is 11.9 Å². The molecule has 12 heteroatoms. The Labute approximate surface area is 218 Å². The van der Waals surface area contributed by atoms with Crippen molar-refractivity contribution in [3.63, 3.8) is 0 Å². The minimum absolute atomic E-state index is 0.0506. The molecule has 1 amide bonds. The van der Waals surface area contributed by atoms with Crippen LogP contribution in [0.4, 0.5) is 5.69 Å². The standard InChI is InChI=1S/C25H28N4O7S/c1-4-36-23(31)16-8-10-27(11-9-16)20(30)13-19-14-37-25-26-15(2)21(24(32)35-3)22(28(19)25)17-6-5-7-18(12-17)29(33)34/h5-7,12,14,16,22H,4,8-11,13H2,1-3H3. The number of nitro benzene ring substituents is 1. The molecule has 11 nitrogen and oxygen atoms in total. The van der Waals surface area contributed by atoms with Crippen LogP contribution in [0.2, 0.25) is 0 Å². The summed E-state index contributed by atoms with van der Waals surface area (Å²) in [6, 6.07) is 5.33. The zero-order valence-corrected chi connectivity index (χ0v) is 21.7. The number of methoxy groups -OCH3 is 1. The number of non-ortho nitro benzene ring substituents is 1. The van der Waals surface area contributed by atoms with E-state index in [2.05, 4.69) is 4.99 Å². The van der Waals surface area contributed by atoms with Crippen LogP contribution in [0.25, 0.3) is 0 Å². The van der Waals surface area contributed by atoms with E-state index in [9.17, 15) is 24.5 Å². The molecular weight excluding hydrogens is 500 g/mol. The van der Waals surface area contributed by atoms with Crippen molar-refractivity contribution in [1.29, 1.82) is 0 Å². The van der Waals surface area contributed by atoms with E-state index in [1.807, 2.05) is 5.41 Å². The number of allylic oxidation sites excluding steroid dienone is 1. The smallest absolute Gasteiger partial charge is 0.338 e. The van der Waals surface area contributed by atoms with Crippen molar-refractivity contribution < 1.29 is 28.8 Å². The number of benzene rings is 1. The number of nitro groups is 1. The number of esters is 2. The Bertz CT molecular complexity index is 1220. The zero-order valence-electron chi connectivity index (χ0n) is 20.8. The van der Waals surface area contributed by atoms with E-state index in [0.29, 0.717) is 54.7 Å². The molecule has 0 aliphatic carbocycles. The summed E-state index contributed by atoms with van der Waals surface area (Å²) in [7, 11) is 1.27. The number of carbonyl (C=O) groups excluding carboxylic acids is 3. The predicted octanol–water partition coefficient (Wildman–Crippen LogP) is 3.53. The molecule has 4 rings (SSSR count). The number of amides is 1. The third-order valence-electron chi connectivity index (χ3n) is 6.60. The van der Waals surface area contributed by atoms with Crippen LogP contribution in [-0.4, -0.2) is 64.5 Å². The minimum Gasteiger partial charge on any atom is -0.466 e. The van der Waals surface area contributed by atoms with E-state index in [4.69, 9.17) is 9.47 Å². The number of likely N-dealkylation sites (tertiary alicyclic amines) is 1. The van der Waals surface area contributed by atoms with Crippen LogP contribution in [0, 0.1) is 16.0 Å². The Hall–Kier alpha value is -3.67. The second kappa shape index (κ2) is 11.2. The summed E-state index contributed by atoms with van der Waals surface area (Å²) in [5, 5.41) is 13.8. The molecular formula is C25H28N4O7S. The molecule has 1 unspecified atom stereocenters. The molecule has 3 heterocycles. The average Bonchev–Trinajstić information content (AvgIpc) is 3.29. The molecule has 0 aromatic heterocycles. The van der Waals surface area contributed by atoms with Gasteiger partial charge in [-0.25, -0.2) is 9.79 Å².